The average molecular weight is 216 g/mol. The van der Waals surface area contributed by atoms with Gasteiger partial charge in [0.25, 0.3) is 0 Å². The lowest BCUT2D eigenvalue weighted by atomic mass is 10.3. The van der Waals surface area contributed by atoms with E-state index in [9.17, 15) is 0 Å². The molecule has 0 aliphatic carbocycles. The number of ether oxygens (including phenoxy) is 1. The minimum atomic E-state index is 0.807. The van der Waals surface area contributed by atoms with Crippen LogP contribution in [0.25, 0.3) is 0 Å². The maximum absolute atomic E-state index is 5.41. The molecule has 82 valence electrons. The first kappa shape index (κ1) is 11.7. The number of thiocarbonyl (C=S) groups is 1. The molecule has 3 nitrogen and oxygen atoms in total. The van der Waals surface area contributed by atoms with Gasteiger partial charge in [-0.05, 0) is 18.6 Å². The first-order valence-corrected chi connectivity index (χ1v) is 5.74. The summed E-state index contributed by atoms with van der Waals surface area (Å²) in [6.07, 6.45) is 2.43. The highest BCUT2D eigenvalue weighted by molar-refractivity contribution is 7.80. The van der Waals surface area contributed by atoms with Gasteiger partial charge in [0.15, 0.2) is 5.11 Å². The number of unbranched alkanes of at least 4 members (excludes halogenated alkanes) is 1. The summed E-state index contributed by atoms with van der Waals surface area (Å²) in [5.74, 6) is 0. The Morgan fingerprint density at radius 3 is 2.64 bits per heavy atom. The second-order valence-electron chi connectivity index (χ2n) is 3.66. The summed E-state index contributed by atoms with van der Waals surface area (Å²) in [5, 5.41) is 0.974. The van der Waals surface area contributed by atoms with Gasteiger partial charge in [-0.3, -0.25) is 0 Å². The van der Waals surface area contributed by atoms with Crippen LogP contribution in [0.15, 0.2) is 0 Å². The van der Waals surface area contributed by atoms with Crippen molar-refractivity contribution in [2.45, 2.75) is 19.8 Å². The van der Waals surface area contributed by atoms with Gasteiger partial charge in [-0.2, -0.15) is 0 Å². The number of morpholine rings is 1. The summed E-state index contributed by atoms with van der Waals surface area (Å²) >= 11 is 5.41. The molecule has 1 fully saturated rings. The molecule has 1 saturated heterocycles. The van der Waals surface area contributed by atoms with Crippen molar-refractivity contribution in [2.75, 3.05) is 39.9 Å². The fourth-order valence-corrected chi connectivity index (χ4v) is 1.76. The lowest BCUT2D eigenvalue weighted by Gasteiger charge is -2.33. The molecule has 0 aromatic rings. The third-order valence-corrected chi connectivity index (χ3v) is 3.03. The minimum absolute atomic E-state index is 0.807. The smallest absolute Gasteiger partial charge is 0.171 e. The molecule has 0 N–H and O–H groups in total. The molecule has 0 amide bonds. The average Bonchev–Trinajstić information content (AvgIpc) is 2.26. The Labute approximate surface area is 92.0 Å². The molecule has 1 heterocycles. The summed E-state index contributed by atoms with van der Waals surface area (Å²) in [5.41, 5.74) is 0. The molecule has 4 heteroatoms. The second kappa shape index (κ2) is 6.19. The SMILES string of the molecule is CCCCN(C)C(=S)N1CCOCC1. The van der Waals surface area contributed by atoms with Gasteiger partial charge in [0.1, 0.15) is 0 Å². The Bertz CT molecular complexity index is 181. The molecule has 0 aromatic carbocycles. The Balaban J connectivity index is 2.30. The molecule has 1 aliphatic heterocycles. The summed E-state index contributed by atoms with van der Waals surface area (Å²) in [7, 11) is 2.08. The van der Waals surface area contributed by atoms with Crippen molar-refractivity contribution in [1.29, 1.82) is 0 Å². The molecular weight excluding hydrogens is 196 g/mol. The number of nitrogens with zero attached hydrogens (tertiary/aromatic N) is 2. The Morgan fingerprint density at radius 2 is 2.07 bits per heavy atom. The van der Waals surface area contributed by atoms with Crippen molar-refractivity contribution in [3.05, 3.63) is 0 Å². The van der Waals surface area contributed by atoms with E-state index < -0.39 is 0 Å². The van der Waals surface area contributed by atoms with Crippen LogP contribution in [0.4, 0.5) is 0 Å². The number of rotatable bonds is 3. The summed E-state index contributed by atoms with van der Waals surface area (Å²) < 4.78 is 5.29. The lowest BCUT2D eigenvalue weighted by molar-refractivity contribution is 0.0645. The first-order valence-electron chi connectivity index (χ1n) is 5.33. The van der Waals surface area contributed by atoms with Gasteiger partial charge in [0.2, 0.25) is 0 Å². The van der Waals surface area contributed by atoms with Gasteiger partial charge >= 0.3 is 0 Å². The van der Waals surface area contributed by atoms with Crippen LogP contribution in [0.2, 0.25) is 0 Å². The molecule has 0 aromatic heterocycles. The molecule has 0 bridgehead atoms. The van der Waals surface area contributed by atoms with Crippen LogP contribution < -0.4 is 0 Å². The highest BCUT2D eigenvalue weighted by atomic mass is 32.1. The zero-order valence-corrected chi connectivity index (χ0v) is 9.98. The normalized spacial score (nSPS) is 16.9. The minimum Gasteiger partial charge on any atom is -0.378 e. The van der Waals surface area contributed by atoms with Crippen LogP contribution in [-0.2, 0) is 4.74 Å². The first-order chi connectivity index (χ1) is 6.75. The van der Waals surface area contributed by atoms with Crippen molar-refractivity contribution in [2.24, 2.45) is 0 Å². The standard InChI is InChI=1S/C10H20N2OS/c1-3-4-5-11(2)10(14)12-6-8-13-9-7-12/h3-9H2,1-2H3. The van der Waals surface area contributed by atoms with Gasteiger partial charge in [0, 0.05) is 26.7 Å². The van der Waals surface area contributed by atoms with Crippen LogP contribution in [0.5, 0.6) is 0 Å². The van der Waals surface area contributed by atoms with E-state index in [-0.39, 0.29) is 0 Å². The maximum Gasteiger partial charge on any atom is 0.171 e. The van der Waals surface area contributed by atoms with E-state index in [1.807, 2.05) is 0 Å². The molecule has 0 radical (unpaired) electrons. The molecule has 0 saturated carbocycles. The number of hydrogen-bond acceptors (Lipinski definition) is 2. The van der Waals surface area contributed by atoms with Crippen molar-refractivity contribution >= 4 is 17.3 Å². The third-order valence-electron chi connectivity index (χ3n) is 2.46. The van der Waals surface area contributed by atoms with E-state index in [1.54, 1.807) is 0 Å². The van der Waals surface area contributed by atoms with Gasteiger partial charge in [-0.1, -0.05) is 13.3 Å². The fourth-order valence-electron chi connectivity index (χ4n) is 1.49. The van der Waals surface area contributed by atoms with E-state index in [2.05, 4.69) is 23.8 Å². The van der Waals surface area contributed by atoms with Crippen molar-refractivity contribution in [3.8, 4) is 0 Å². The third kappa shape index (κ3) is 3.42. The van der Waals surface area contributed by atoms with E-state index in [0.29, 0.717) is 0 Å². The molecule has 0 unspecified atom stereocenters. The van der Waals surface area contributed by atoms with E-state index in [4.69, 9.17) is 17.0 Å². The van der Waals surface area contributed by atoms with E-state index in [0.717, 1.165) is 38.0 Å². The van der Waals surface area contributed by atoms with Gasteiger partial charge in [-0.15, -0.1) is 0 Å². The van der Waals surface area contributed by atoms with Crippen LogP contribution in [0, 0.1) is 0 Å². The molecule has 0 atom stereocenters. The highest BCUT2D eigenvalue weighted by Gasteiger charge is 2.15. The van der Waals surface area contributed by atoms with Crippen molar-refractivity contribution < 1.29 is 4.74 Å². The van der Waals surface area contributed by atoms with Crippen LogP contribution in [-0.4, -0.2) is 54.8 Å². The Morgan fingerprint density at radius 1 is 1.43 bits per heavy atom. The van der Waals surface area contributed by atoms with Crippen molar-refractivity contribution in [3.63, 3.8) is 0 Å². The molecule has 14 heavy (non-hydrogen) atoms. The zero-order valence-electron chi connectivity index (χ0n) is 9.16. The Hall–Kier alpha value is -0.350. The van der Waals surface area contributed by atoms with E-state index >= 15 is 0 Å². The Kier molecular flexibility index (Phi) is 5.19. The zero-order chi connectivity index (χ0) is 10.4. The van der Waals surface area contributed by atoms with Crippen LogP contribution in [0.1, 0.15) is 19.8 Å². The molecule has 0 spiro atoms. The summed E-state index contributed by atoms with van der Waals surface area (Å²) in [6.45, 7) is 6.76. The second-order valence-corrected chi connectivity index (χ2v) is 4.02. The maximum atomic E-state index is 5.41. The monoisotopic (exact) mass is 216 g/mol. The summed E-state index contributed by atoms with van der Waals surface area (Å²) in [4.78, 5) is 4.40. The number of hydrogen-bond donors (Lipinski definition) is 0. The highest BCUT2D eigenvalue weighted by Crippen LogP contribution is 2.03. The van der Waals surface area contributed by atoms with Gasteiger partial charge in [-0.25, -0.2) is 0 Å². The van der Waals surface area contributed by atoms with Crippen molar-refractivity contribution in [1.82, 2.24) is 9.80 Å². The van der Waals surface area contributed by atoms with Crippen LogP contribution >= 0.6 is 12.2 Å². The van der Waals surface area contributed by atoms with E-state index in [1.165, 1.54) is 12.8 Å². The molecule has 1 rings (SSSR count). The summed E-state index contributed by atoms with van der Waals surface area (Å²) in [6, 6.07) is 0. The van der Waals surface area contributed by atoms with Crippen LogP contribution in [0.3, 0.4) is 0 Å². The predicted molar refractivity (Wildman–Crippen MR) is 62.5 cm³/mol. The predicted octanol–water partition coefficient (Wildman–Crippen LogP) is 1.34. The fraction of sp³-hybridized carbons (Fsp3) is 0.900. The molecule has 1 aliphatic rings. The quantitative estimate of drug-likeness (QED) is 0.661. The largest absolute Gasteiger partial charge is 0.378 e. The van der Waals surface area contributed by atoms with Gasteiger partial charge in [0.05, 0.1) is 13.2 Å². The molecular formula is C10H20N2OS. The lowest BCUT2D eigenvalue weighted by Crippen LogP contribution is -2.46. The van der Waals surface area contributed by atoms with Gasteiger partial charge < -0.3 is 14.5 Å². The topological polar surface area (TPSA) is 15.7 Å².